The summed E-state index contributed by atoms with van der Waals surface area (Å²) < 4.78 is 1.15. The van der Waals surface area contributed by atoms with E-state index in [9.17, 15) is 5.11 Å². The van der Waals surface area contributed by atoms with Crippen LogP contribution in [-0.4, -0.2) is 28.2 Å². The van der Waals surface area contributed by atoms with Crippen LogP contribution in [0.25, 0.3) is 0 Å². The van der Waals surface area contributed by atoms with Crippen LogP contribution in [0.1, 0.15) is 32.3 Å². The number of benzene rings is 1. The Balaban J connectivity index is 2.15. The van der Waals surface area contributed by atoms with E-state index in [1.165, 1.54) is 5.56 Å². The van der Waals surface area contributed by atoms with E-state index in [-0.39, 0.29) is 11.6 Å². The molecule has 1 N–H and O–H groups in total. The van der Waals surface area contributed by atoms with Crippen LogP contribution in [0.15, 0.2) is 28.7 Å². The van der Waals surface area contributed by atoms with E-state index in [1.807, 2.05) is 6.07 Å². The van der Waals surface area contributed by atoms with E-state index >= 15 is 0 Å². The molecule has 0 aromatic heterocycles. The van der Waals surface area contributed by atoms with Gasteiger partial charge in [0.25, 0.3) is 0 Å². The van der Waals surface area contributed by atoms with Crippen LogP contribution < -0.4 is 0 Å². The topological polar surface area (TPSA) is 23.5 Å². The molecule has 1 saturated heterocycles. The SMILES string of the molecule is CC1(C)C(O)CCCN1Cc1ccccc1Br. The first-order valence-corrected chi connectivity index (χ1v) is 6.97. The molecule has 1 aromatic carbocycles. The number of rotatable bonds is 2. The summed E-state index contributed by atoms with van der Waals surface area (Å²) in [5, 5.41) is 10.1. The van der Waals surface area contributed by atoms with Gasteiger partial charge in [-0.25, -0.2) is 0 Å². The van der Waals surface area contributed by atoms with E-state index < -0.39 is 0 Å². The lowest BCUT2D eigenvalue weighted by Crippen LogP contribution is -2.55. The van der Waals surface area contributed by atoms with Crippen molar-refractivity contribution < 1.29 is 5.11 Å². The number of hydrogen-bond donors (Lipinski definition) is 1. The first kappa shape index (κ1) is 13.1. The molecule has 94 valence electrons. The Morgan fingerprint density at radius 3 is 2.82 bits per heavy atom. The fourth-order valence-electron chi connectivity index (χ4n) is 2.44. The maximum atomic E-state index is 10.1. The van der Waals surface area contributed by atoms with Gasteiger partial charge >= 0.3 is 0 Å². The van der Waals surface area contributed by atoms with Crippen molar-refractivity contribution in [2.45, 2.75) is 44.9 Å². The van der Waals surface area contributed by atoms with Crippen LogP contribution in [0, 0.1) is 0 Å². The maximum Gasteiger partial charge on any atom is 0.0719 e. The molecule has 0 radical (unpaired) electrons. The second-order valence-corrected chi connectivity index (χ2v) is 6.18. The molecular weight excluding hydrogens is 278 g/mol. The summed E-state index contributed by atoms with van der Waals surface area (Å²) >= 11 is 3.59. The lowest BCUT2D eigenvalue weighted by molar-refractivity contribution is -0.0481. The monoisotopic (exact) mass is 297 g/mol. The largest absolute Gasteiger partial charge is 0.391 e. The van der Waals surface area contributed by atoms with Crippen LogP contribution in [0.2, 0.25) is 0 Å². The first-order valence-electron chi connectivity index (χ1n) is 6.18. The van der Waals surface area contributed by atoms with E-state index in [0.717, 1.165) is 30.4 Å². The third-order valence-corrected chi connectivity index (χ3v) is 4.63. The van der Waals surface area contributed by atoms with Gasteiger partial charge in [-0.3, -0.25) is 4.90 Å². The molecule has 1 aliphatic rings. The van der Waals surface area contributed by atoms with Crippen molar-refractivity contribution in [2.24, 2.45) is 0 Å². The minimum absolute atomic E-state index is 0.131. The van der Waals surface area contributed by atoms with Crippen molar-refractivity contribution in [1.82, 2.24) is 4.90 Å². The highest BCUT2D eigenvalue weighted by Gasteiger charge is 2.37. The number of piperidine rings is 1. The van der Waals surface area contributed by atoms with Gasteiger partial charge < -0.3 is 5.11 Å². The van der Waals surface area contributed by atoms with Gasteiger partial charge in [-0.2, -0.15) is 0 Å². The molecule has 17 heavy (non-hydrogen) atoms. The lowest BCUT2D eigenvalue weighted by atomic mass is 9.87. The minimum atomic E-state index is -0.223. The number of nitrogens with zero attached hydrogens (tertiary/aromatic N) is 1. The van der Waals surface area contributed by atoms with Gasteiger partial charge in [-0.15, -0.1) is 0 Å². The fourth-order valence-corrected chi connectivity index (χ4v) is 2.85. The first-order chi connectivity index (χ1) is 8.01. The molecule has 1 unspecified atom stereocenters. The molecule has 0 aliphatic carbocycles. The van der Waals surface area contributed by atoms with Crippen LogP contribution in [-0.2, 0) is 6.54 Å². The molecular formula is C14H20BrNO. The standard InChI is InChI=1S/C14H20BrNO/c1-14(2)13(17)8-5-9-16(14)10-11-6-3-4-7-12(11)15/h3-4,6-7,13,17H,5,8-10H2,1-2H3. The highest BCUT2D eigenvalue weighted by atomic mass is 79.9. The predicted octanol–water partition coefficient (Wildman–Crippen LogP) is 3.18. The molecule has 1 atom stereocenters. The summed E-state index contributed by atoms with van der Waals surface area (Å²) in [4.78, 5) is 2.38. The Morgan fingerprint density at radius 1 is 1.41 bits per heavy atom. The molecule has 0 bridgehead atoms. The zero-order chi connectivity index (χ0) is 12.5. The van der Waals surface area contributed by atoms with Gasteiger partial charge in [-0.1, -0.05) is 34.1 Å². The van der Waals surface area contributed by atoms with Crippen LogP contribution >= 0.6 is 15.9 Å². The van der Waals surface area contributed by atoms with Gasteiger partial charge in [0, 0.05) is 16.6 Å². The zero-order valence-corrected chi connectivity index (χ0v) is 12.1. The van der Waals surface area contributed by atoms with E-state index in [0.29, 0.717) is 0 Å². The number of hydrogen-bond acceptors (Lipinski definition) is 2. The second kappa shape index (κ2) is 5.09. The van der Waals surface area contributed by atoms with Crippen LogP contribution in [0.3, 0.4) is 0 Å². The van der Waals surface area contributed by atoms with Gasteiger partial charge in [0.2, 0.25) is 0 Å². The lowest BCUT2D eigenvalue weighted by Gasteiger charge is -2.46. The fraction of sp³-hybridized carbons (Fsp3) is 0.571. The van der Waals surface area contributed by atoms with E-state index in [2.05, 4.69) is 52.9 Å². The van der Waals surface area contributed by atoms with E-state index in [4.69, 9.17) is 0 Å². The van der Waals surface area contributed by atoms with Crippen molar-refractivity contribution >= 4 is 15.9 Å². The Bertz CT molecular complexity index is 392. The molecule has 1 fully saturated rings. The third-order valence-electron chi connectivity index (χ3n) is 3.86. The minimum Gasteiger partial charge on any atom is -0.391 e. The normalized spacial score (nSPS) is 24.8. The summed E-state index contributed by atoms with van der Waals surface area (Å²) in [7, 11) is 0. The quantitative estimate of drug-likeness (QED) is 0.906. The van der Waals surface area contributed by atoms with Crippen molar-refractivity contribution in [3.63, 3.8) is 0 Å². The molecule has 0 spiro atoms. The average Bonchev–Trinajstić information content (AvgIpc) is 2.28. The zero-order valence-electron chi connectivity index (χ0n) is 10.5. The molecule has 2 nitrogen and oxygen atoms in total. The number of halogens is 1. The van der Waals surface area contributed by atoms with Gasteiger partial charge in [0.15, 0.2) is 0 Å². The summed E-state index contributed by atoms with van der Waals surface area (Å²) in [5.41, 5.74) is 1.16. The van der Waals surface area contributed by atoms with Gasteiger partial charge in [-0.05, 0) is 44.9 Å². The Kier molecular flexibility index (Phi) is 3.91. The number of aliphatic hydroxyl groups is 1. The number of aliphatic hydroxyl groups excluding tert-OH is 1. The summed E-state index contributed by atoms with van der Waals surface area (Å²) in [6, 6.07) is 8.31. The molecule has 2 rings (SSSR count). The van der Waals surface area contributed by atoms with Crippen LogP contribution in [0.5, 0.6) is 0 Å². The summed E-state index contributed by atoms with van der Waals surface area (Å²) in [5.74, 6) is 0. The Morgan fingerprint density at radius 2 is 2.12 bits per heavy atom. The molecule has 0 saturated carbocycles. The second-order valence-electron chi connectivity index (χ2n) is 5.32. The van der Waals surface area contributed by atoms with Gasteiger partial charge in [0.1, 0.15) is 0 Å². The molecule has 3 heteroatoms. The highest BCUT2D eigenvalue weighted by Crippen LogP contribution is 2.30. The Hall–Kier alpha value is -0.380. The molecule has 1 aromatic rings. The molecule has 1 heterocycles. The van der Waals surface area contributed by atoms with Crippen molar-refractivity contribution in [2.75, 3.05) is 6.54 Å². The average molecular weight is 298 g/mol. The van der Waals surface area contributed by atoms with Crippen molar-refractivity contribution in [3.8, 4) is 0 Å². The van der Waals surface area contributed by atoms with E-state index in [1.54, 1.807) is 0 Å². The summed E-state index contributed by atoms with van der Waals surface area (Å²) in [6.07, 6.45) is 1.77. The highest BCUT2D eigenvalue weighted by molar-refractivity contribution is 9.10. The molecule has 1 aliphatic heterocycles. The maximum absolute atomic E-state index is 10.1. The predicted molar refractivity (Wildman–Crippen MR) is 73.9 cm³/mol. The smallest absolute Gasteiger partial charge is 0.0719 e. The van der Waals surface area contributed by atoms with Crippen molar-refractivity contribution in [3.05, 3.63) is 34.3 Å². The van der Waals surface area contributed by atoms with Gasteiger partial charge in [0.05, 0.1) is 6.10 Å². The van der Waals surface area contributed by atoms with Crippen LogP contribution in [0.4, 0.5) is 0 Å². The van der Waals surface area contributed by atoms with Crippen molar-refractivity contribution in [1.29, 1.82) is 0 Å². The number of likely N-dealkylation sites (tertiary alicyclic amines) is 1. The third kappa shape index (κ3) is 2.72. The Labute approximate surface area is 112 Å². The molecule has 0 amide bonds. The summed E-state index contributed by atoms with van der Waals surface area (Å²) in [6.45, 7) is 6.22.